The highest BCUT2D eigenvalue weighted by atomic mass is 32.2. The van der Waals surface area contributed by atoms with Crippen molar-refractivity contribution in [1.29, 1.82) is 0 Å². The summed E-state index contributed by atoms with van der Waals surface area (Å²) in [5.41, 5.74) is 1.14. The fourth-order valence-electron chi connectivity index (χ4n) is 1.73. The number of carbonyl (C=O) groups is 1. The SMILES string of the molecule is CC(C)c1ccc(OC(=O)CNS(=O)(=O)c2cccs2)cc1. The van der Waals surface area contributed by atoms with Crippen molar-refractivity contribution in [3.05, 3.63) is 47.3 Å². The molecule has 5 nitrogen and oxygen atoms in total. The molecule has 1 aromatic carbocycles. The molecule has 118 valence electrons. The molecule has 0 spiro atoms. The van der Waals surface area contributed by atoms with Gasteiger partial charge in [0.15, 0.2) is 0 Å². The van der Waals surface area contributed by atoms with Gasteiger partial charge in [-0.05, 0) is 35.1 Å². The third kappa shape index (κ3) is 4.40. The number of thiophene rings is 1. The first-order chi connectivity index (χ1) is 10.4. The minimum atomic E-state index is -3.65. The maximum absolute atomic E-state index is 11.9. The van der Waals surface area contributed by atoms with Crippen LogP contribution in [0, 0.1) is 0 Å². The molecule has 7 heteroatoms. The second-order valence-electron chi connectivity index (χ2n) is 4.95. The second-order valence-corrected chi connectivity index (χ2v) is 7.90. The predicted molar refractivity (Wildman–Crippen MR) is 85.7 cm³/mol. The number of nitrogens with one attached hydrogen (secondary N) is 1. The smallest absolute Gasteiger partial charge is 0.326 e. The molecule has 0 unspecified atom stereocenters. The van der Waals surface area contributed by atoms with Crippen LogP contribution < -0.4 is 9.46 Å². The highest BCUT2D eigenvalue weighted by Gasteiger charge is 2.17. The van der Waals surface area contributed by atoms with Crippen molar-refractivity contribution >= 4 is 27.3 Å². The van der Waals surface area contributed by atoms with E-state index in [1.165, 1.54) is 6.07 Å². The Morgan fingerprint density at radius 2 is 1.91 bits per heavy atom. The molecular weight excluding hydrogens is 322 g/mol. The third-order valence-electron chi connectivity index (χ3n) is 2.94. The molecule has 0 fully saturated rings. The molecule has 0 aliphatic carbocycles. The van der Waals surface area contributed by atoms with E-state index in [4.69, 9.17) is 4.74 Å². The van der Waals surface area contributed by atoms with E-state index in [0.29, 0.717) is 11.7 Å². The maximum Gasteiger partial charge on any atom is 0.326 e. The van der Waals surface area contributed by atoms with Crippen LogP contribution >= 0.6 is 11.3 Å². The van der Waals surface area contributed by atoms with Crippen LogP contribution in [0.2, 0.25) is 0 Å². The van der Waals surface area contributed by atoms with Gasteiger partial charge in [-0.15, -0.1) is 11.3 Å². The molecule has 0 atom stereocenters. The average molecular weight is 339 g/mol. The minimum absolute atomic E-state index is 0.168. The molecule has 0 bridgehead atoms. The van der Waals surface area contributed by atoms with E-state index >= 15 is 0 Å². The van der Waals surface area contributed by atoms with Crippen molar-refractivity contribution in [3.63, 3.8) is 0 Å². The number of rotatable bonds is 6. The van der Waals surface area contributed by atoms with E-state index in [2.05, 4.69) is 18.6 Å². The van der Waals surface area contributed by atoms with Crippen molar-refractivity contribution in [3.8, 4) is 5.75 Å². The lowest BCUT2D eigenvalue weighted by Gasteiger charge is -2.08. The predicted octanol–water partition coefficient (Wildman–Crippen LogP) is 2.76. The summed E-state index contributed by atoms with van der Waals surface area (Å²) in [5, 5.41) is 1.66. The molecule has 1 heterocycles. The standard InChI is InChI=1S/C15H17NO4S2/c1-11(2)12-5-7-13(8-6-12)20-14(17)10-16-22(18,19)15-4-3-9-21-15/h3-9,11,16H,10H2,1-2H3. The number of hydrogen-bond acceptors (Lipinski definition) is 5. The maximum atomic E-state index is 11.9. The van der Waals surface area contributed by atoms with Crippen LogP contribution in [-0.4, -0.2) is 20.9 Å². The van der Waals surface area contributed by atoms with Gasteiger partial charge in [-0.3, -0.25) is 4.79 Å². The molecule has 0 radical (unpaired) electrons. The number of hydrogen-bond donors (Lipinski definition) is 1. The molecule has 1 N–H and O–H groups in total. The Bertz CT molecular complexity index is 719. The third-order valence-corrected chi connectivity index (χ3v) is 5.74. The fourth-order valence-corrected chi connectivity index (χ4v) is 3.74. The summed E-state index contributed by atoms with van der Waals surface area (Å²) >= 11 is 1.09. The zero-order valence-corrected chi connectivity index (χ0v) is 13.9. The van der Waals surface area contributed by atoms with Crippen LogP contribution in [0.25, 0.3) is 0 Å². The average Bonchev–Trinajstić information content (AvgIpc) is 3.01. The van der Waals surface area contributed by atoms with Gasteiger partial charge in [0.25, 0.3) is 10.0 Å². The summed E-state index contributed by atoms with van der Waals surface area (Å²) in [4.78, 5) is 11.7. The fraction of sp³-hybridized carbons (Fsp3) is 0.267. The van der Waals surface area contributed by atoms with Crippen molar-refractivity contribution < 1.29 is 17.9 Å². The molecule has 2 rings (SSSR count). The summed E-state index contributed by atoms with van der Waals surface area (Å²) in [5.74, 6) is 0.129. The van der Waals surface area contributed by atoms with Crippen LogP contribution in [0.3, 0.4) is 0 Å². The van der Waals surface area contributed by atoms with E-state index in [0.717, 1.165) is 16.9 Å². The molecule has 0 saturated heterocycles. The van der Waals surface area contributed by atoms with Crippen molar-refractivity contribution in [2.75, 3.05) is 6.54 Å². The lowest BCUT2D eigenvalue weighted by atomic mass is 10.0. The molecule has 1 aromatic heterocycles. The molecule has 0 saturated carbocycles. The largest absolute Gasteiger partial charge is 0.426 e. The number of carbonyl (C=O) groups excluding carboxylic acids is 1. The van der Waals surface area contributed by atoms with E-state index < -0.39 is 22.5 Å². The van der Waals surface area contributed by atoms with Gasteiger partial charge < -0.3 is 4.74 Å². The van der Waals surface area contributed by atoms with E-state index in [1.807, 2.05) is 12.1 Å². The van der Waals surface area contributed by atoms with Gasteiger partial charge in [-0.25, -0.2) is 8.42 Å². The van der Waals surface area contributed by atoms with E-state index in [1.54, 1.807) is 23.6 Å². The number of ether oxygens (including phenoxy) is 1. The summed E-state index contributed by atoms with van der Waals surface area (Å²) < 4.78 is 31.2. The molecular formula is C15H17NO4S2. The Hall–Kier alpha value is -1.70. The van der Waals surface area contributed by atoms with E-state index in [9.17, 15) is 13.2 Å². The van der Waals surface area contributed by atoms with Crippen LogP contribution in [0.15, 0.2) is 46.0 Å². The highest BCUT2D eigenvalue weighted by molar-refractivity contribution is 7.91. The van der Waals surface area contributed by atoms with Crippen molar-refractivity contribution in [2.24, 2.45) is 0 Å². The summed E-state index contributed by atoms with van der Waals surface area (Å²) in [6.07, 6.45) is 0. The summed E-state index contributed by atoms with van der Waals surface area (Å²) in [7, 11) is -3.65. The minimum Gasteiger partial charge on any atom is -0.426 e. The quantitative estimate of drug-likeness (QED) is 0.649. The van der Waals surface area contributed by atoms with E-state index in [-0.39, 0.29) is 4.21 Å². The molecule has 0 amide bonds. The van der Waals surface area contributed by atoms with Gasteiger partial charge >= 0.3 is 5.97 Å². The lowest BCUT2D eigenvalue weighted by molar-refractivity contribution is -0.133. The van der Waals surface area contributed by atoms with Gasteiger partial charge in [-0.2, -0.15) is 4.72 Å². The Kier molecular flexibility index (Phi) is 5.33. The number of benzene rings is 1. The highest BCUT2D eigenvalue weighted by Crippen LogP contribution is 2.19. The molecule has 22 heavy (non-hydrogen) atoms. The first-order valence-corrected chi connectivity index (χ1v) is 9.08. The first kappa shape index (κ1) is 16.7. The Balaban J connectivity index is 1.91. The Labute approximate surface area is 134 Å². The summed E-state index contributed by atoms with van der Waals surface area (Å²) in [6.45, 7) is 3.73. The monoisotopic (exact) mass is 339 g/mol. The van der Waals surface area contributed by atoms with Gasteiger partial charge in [0.2, 0.25) is 0 Å². The Morgan fingerprint density at radius 1 is 1.23 bits per heavy atom. The zero-order valence-electron chi connectivity index (χ0n) is 12.3. The number of esters is 1. The molecule has 0 aliphatic heterocycles. The topological polar surface area (TPSA) is 72.5 Å². The lowest BCUT2D eigenvalue weighted by Crippen LogP contribution is -2.31. The summed E-state index contributed by atoms with van der Waals surface area (Å²) in [6, 6.07) is 10.3. The Morgan fingerprint density at radius 3 is 2.45 bits per heavy atom. The molecule has 0 aliphatic rings. The normalized spacial score (nSPS) is 11.6. The van der Waals surface area contributed by atoms with Crippen molar-refractivity contribution in [2.45, 2.75) is 24.0 Å². The first-order valence-electron chi connectivity index (χ1n) is 6.72. The van der Waals surface area contributed by atoms with Gasteiger partial charge in [0.1, 0.15) is 16.5 Å². The second kappa shape index (κ2) is 7.04. The van der Waals surface area contributed by atoms with Crippen LogP contribution in [0.4, 0.5) is 0 Å². The van der Waals surface area contributed by atoms with Gasteiger partial charge in [-0.1, -0.05) is 32.0 Å². The van der Waals surface area contributed by atoms with Crippen LogP contribution in [0.5, 0.6) is 5.75 Å². The molecule has 2 aromatic rings. The van der Waals surface area contributed by atoms with Crippen molar-refractivity contribution in [1.82, 2.24) is 4.72 Å². The van der Waals surface area contributed by atoms with Crippen LogP contribution in [0.1, 0.15) is 25.3 Å². The van der Waals surface area contributed by atoms with Gasteiger partial charge in [0, 0.05) is 0 Å². The number of sulfonamides is 1. The van der Waals surface area contributed by atoms with Gasteiger partial charge in [0.05, 0.1) is 0 Å². The zero-order chi connectivity index (χ0) is 16.2. The van der Waals surface area contributed by atoms with Crippen LogP contribution in [-0.2, 0) is 14.8 Å².